The Hall–Kier alpha value is -0.880. The molecule has 1 unspecified atom stereocenters. The Bertz CT molecular complexity index is 365. The van der Waals surface area contributed by atoms with Crippen molar-refractivity contribution in [3.05, 3.63) is 29.0 Å². The summed E-state index contributed by atoms with van der Waals surface area (Å²) in [6.45, 7) is 1.76. The van der Waals surface area contributed by atoms with Gasteiger partial charge in [-0.2, -0.15) is 0 Å². The van der Waals surface area contributed by atoms with Gasteiger partial charge in [0.05, 0.1) is 11.6 Å². The molecule has 1 aromatic rings. The van der Waals surface area contributed by atoms with Crippen molar-refractivity contribution in [2.24, 2.45) is 0 Å². The van der Waals surface area contributed by atoms with Gasteiger partial charge in [0.15, 0.2) is 0 Å². The fourth-order valence-corrected chi connectivity index (χ4v) is 1.43. The van der Waals surface area contributed by atoms with E-state index < -0.39 is 11.9 Å². The Balaban J connectivity index is 2.24. The molecular formula is C12H17ClFNO3. The van der Waals surface area contributed by atoms with E-state index in [4.69, 9.17) is 21.1 Å². The molecule has 0 aromatic heterocycles. The third-order valence-corrected chi connectivity index (χ3v) is 2.49. The maximum atomic E-state index is 12.9. The van der Waals surface area contributed by atoms with E-state index in [0.29, 0.717) is 25.4 Å². The SMILES string of the molecule is COCCNCC(O)COc1ccc(F)c(Cl)c1. The van der Waals surface area contributed by atoms with Gasteiger partial charge in [0, 0.05) is 26.3 Å². The number of hydrogen-bond acceptors (Lipinski definition) is 4. The van der Waals surface area contributed by atoms with Crippen LogP contribution in [0.3, 0.4) is 0 Å². The predicted molar refractivity (Wildman–Crippen MR) is 67.7 cm³/mol. The molecular weight excluding hydrogens is 261 g/mol. The van der Waals surface area contributed by atoms with Crippen molar-refractivity contribution in [3.8, 4) is 5.75 Å². The number of ether oxygens (including phenoxy) is 2. The highest BCUT2D eigenvalue weighted by Gasteiger charge is 2.06. The molecule has 0 aliphatic heterocycles. The monoisotopic (exact) mass is 277 g/mol. The third-order valence-electron chi connectivity index (χ3n) is 2.20. The second-order valence-corrected chi connectivity index (χ2v) is 4.14. The van der Waals surface area contributed by atoms with Crippen LogP contribution in [0.5, 0.6) is 5.75 Å². The second kappa shape index (κ2) is 8.26. The number of methoxy groups -OCH3 is 1. The summed E-state index contributed by atoms with van der Waals surface area (Å²) in [6, 6.07) is 4.06. The minimum atomic E-state index is -0.648. The molecule has 0 amide bonds. The maximum absolute atomic E-state index is 12.9. The molecule has 1 aromatic carbocycles. The predicted octanol–water partition coefficient (Wildman–Crippen LogP) is 1.45. The fourth-order valence-electron chi connectivity index (χ4n) is 1.26. The third kappa shape index (κ3) is 5.64. The highest BCUT2D eigenvalue weighted by atomic mass is 35.5. The van der Waals surface area contributed by atoms with E-state index in [2.05, 4.69) is 5.32 Å². The Kier molecular flexibility index (Phi) is 6.97. The largest absolute Gasteiger partial charge is 0.491 e. The summed E-state index contributed by atoms with van der Waals surface area (Å²) in [5.41, 5.74) is 0. The molecule has 0 aliphatic rings. The molecule has 0 fully saturated rings. The minimum absolute atomic E-state index is 0.000194. The van der Waals surface area contributed by atoms with E-state index in [1.807, 2.05) is 0 Å². The Morgan fingerprint density at radius 1 is 1.50 bits per heavy atom. The van der Waals surface area contributed by atoms with Crippen LogP contribution >= 0.6 is 11.6 Å². The van der Waals surface area contributed by atoms with Crippen molar-refractivity contribution in [2.45, 2.75) is 6.10 Å². The average Bonchev–Trinajstić information content (AvgIpc) is 2.36. The van der Waals surface area contributed by atoms with Gasteiger partial charge in [-0.15, -0.1) is 0 Å². The number of benzene rings is 1. The van der Waals surface area contributed by atoms with Gasteiger partial charge in [0.2, 0.25) is 0 Å². The van der Waals surface area contributed by atoms with E-state index in [-0.39, 0.29) is 11.6 Å². The fraction of sp³-hybridized carbons (Fsp3) is 0.500. The summed E-state index contributed by atoms with van der Waals surface area (Å²) in [5, 5.41) is 12.6. The van der Waals surface area contributed by atoms with Crippen molar-refractivity contribution in [3.63, 3.8) is 0 Å². The standard InChI is InChI=1S/C12H17ClFNO3/c1-17-5-4-15-7-9(16)8-18-10-2-3-12(14)11(13)6-10/h2-3,6,9,15-16H,4-5,7-8H2,1H3. The van der Waals surface area contributed by atoms with Crippen molar-refractivity contribution in [2.75, 3.05) is 33.4 Å². The lowest BCUT2D eigenvalue weighted by molar-refractivity contribution is 0.103. The van der Waals surface area contributed by atoms with Crippen molar-refractivity contribution >= 4 is 11.6 Å². The van der Waals surface area contributed by atoms with Gasteiger partial charge in [-0.3, -0.25) is 0 Å². The number of halogens is 2. The van der Waals surface area contributed by atoms with Crippen molar-refractivity contribution in [1.29, 1.82) is 0 Å². The van der Waals surface area contributed by atoms with Crippen LogP contribution in [0.4, 0.5) is 4.39 Å². The van der Waals surface area contributed by atoms with Crippen LogP contribution in [0.25, 0.3) is 0 Å². The van der Waals surface area contributed by atoms with Crippen LogP contribution in [-0.4, -0.2) is 44.6 Å². The van der Waals surface area contributed by atoms with E-state index in [0.717, 1.165) is 0 Å². The molecule has 2 N–H and O–H groups in total. The van der Waals surface area contributed by atoms with Gasteiger partial charge in [-0.05, 0) is 12.1 Å². The molecule has 102 valence electrons. The van der Waals surface area contributed by atoms with Crippen LogP contribution in [-0.2, 0) is 4.74 Å². The van der Waals surface area contributed by atoms with E-state index in [1.54, 1.807) is 7.11 Å². The summed E-state index contributed by atoms with van der Waals surface area (Å²) in [4.78, 5) is 0. The van der Waals surface area contributed by atoms with Crippen LogP contribution in [0.2, 0.25) is 5.02 Å². The average molecular weight is 278 g/mol. The highest BCUT2D eigenvalue weighted by Crippen LogP contribution is 2.21. The molecule has 1 atom stereocenters. The Morgan fingerprint density at radius 3 is 2.94 bits per heavy atom. The van der Waals surface area contributed by atoms with Crippen molar-refractivity contribution in [1.82, 2.24) is 5.32 Å². The molecule has 6 heteroatoms. The first-order valence-electron chi connectivity index (χ1n) is 5.59. The quantitative estimate of drug-likeness (QED) is 0.707. The van der Waals surface area contributed by atoms with Gasteiger partial charge >= 0.3 is 0 Å². The summed E-state index contributed by atoms with van der Waals surface area (Å²) in [5.74, 6) is -0.0665. The maximum Gasteiger partial charge on any atom is 0.142 e. The molecule has 18 heavy (non-hydrogen) atoms. The second-order valence-electron chi connectivity index (χ2n) is 3.74. The topological polar surface area (TPSA) is 50.7 Å². The van der Waals surface area contributed by atoms with Crippen LogP contribution in [0.15, 0.2) is 18.2 Å². The molecule has 0 bridgehead atoms. The zero-order valence-electron chi connectivity index (χ0n) is 10.2. The number of aliphatic hydroxyl groups is 1. The van der Waals surface area contributed by atoms with Crippen LogP contribution in [0, 0.1) is 5.82 Å². The Labute approximate surface area is 111 Å². The normalized spacial score (nSPS) is 12.4. The lowest BCUT2D eigenvalue weighted by Gasteiger charge is -2.13. The molecule has 4 nitrogen and oxygen atoms in total. The molecule has 0 saturated carbocycles. The van der Waals surface area contributed by atoms with Crippen LogP contribution in [0.1, 0.15) is 0 Å². The molecule has 1 rings (SSSR count). The minimum Gasteiger partial charge on any atom is -0.491 e. The zero-order chi connectivity index (χ0) is 13.4. The van der Waals surface area contributed by atoms with Gasteiger partial charge < -0.3 is 19.9 Å². The van der Waals surface area contributed by atoms with Gasteiger partial charge in [-0.25, -0.2) is 4.39 Å². The van der Waals surface area contributed by atoms with E-state index in [9.17, 15) is 9.50 Å². The lowest BCUT2D eigenvalue weighted by Crippen LogP contribution is -2.33. The lowest BCUT2D eigenvalue weighted by atomic mass is 10.3. The van der Waals surface area contributed by atoms with E-state index >= 15 is 0 Å². The first-order valence-corrected chi connectivity index (χ1v) is 5.97. The summed E-state index contributed by atoms with van der Waals surface area (Å²) >= 11 is 5.60. The molecule has 0 heterocycles. The first kappa shape index (κ1) is 15.2. The van der Waals surface area contributed by atoms with Crippen molar-refractivity contribution < 1.29 is 19.0 Å². The molecule has 0 aliphatic carbocycles. The van der Waals surface area contributed by atoms with Gasteiger partial charge in [0.1, 0.15) is 24.3 Å². The number of rotatable bonds is 8. The first-order chi connectivity index (χ1) is 8.63. The summed E-state index contributed by atoms with van der Waals surface area (Å²) < 4.78 is 23.0. The van der Waals surface area contributed by atoms with Gasteiger partial charge in [-0.1, -0.05) is 11.6 Å². The highest BCUT2D eigenvalue weighted by molar-refractivity contribution is 6.30. The Morgan fingerprint density at radius 2 is 2.28 bits per heavy atom. The smallest absolute Gasteiger partial charge is 0.142 e. The molecule has 0 spiro atoms. The zero-order valence-corrected chi connectivity index (χ0v) is 10.9. The number of nitrogens with one attached hydrogen (secondary N) is 1. The number of aliphatic hydroxyl groups excluding tert-OH is 1. The molecule has 0 radical (unpaired) electrons. The molecule has 0 saturated heterocycles. The van der Waals surface area contributed by atoms with Gasteiger partial charge in [0.25, 0.3) is 0 Å². The number of hydrogen-bond donors (Lipinski definition) is 2. The summed E-state index contributed by atoms with van der Waals surface area (Å²) in [7, 11) is 1.61. The van der Waals surface area contributed by atoms with E-state index in [1.165, 1.54) is 18.2 Å². The van der Waals surface area contributed by atoms with Crippen LogP contribution < -0.4 is 10.1 Å². The summed E-state index contributed by atoms with van der Waals surface area (Å²) in [6.07, 6.45) is -0.648.